The molecule has 0 saturated carbocycles. The second-order valence-corrected chi connectivity index (χ2v) is 8.41. The minimum Gasteiger partial charge on any atom is -0.429 e. The Kier molecular flexibility index (Phi) is 9.27. The lowest BCUT2D eigenvalue weighted by Gasteiger charge is -2.25. The zero-order valence-electron chi connectivity index (χ0n) is 19.8. The summed E-state index contributed by atoms with van der Waals surface area (Å²) in [6.07, 6.45) is -2.15. The van der Waals surface area contributed by atoms with Gasteiger partial charge < -0.3 is 20.5 Å². The highest BCUT2D eigenvalue weighted by Crippen LogP contribution is 2.11. The number of hydrogen-bond acceptors (Lipinski definition) is 7. The van der Waals surface area contributed by atoms with E-state index < -0.39 is 35.7 Å². The summed E-state index contributed by atoms with van der Waals surface area (Å²) < 4.78 is 10.1. The third kappa shape index (κ3) is 9.12. The number of amides is 2. The molecule has 0 saturated heterocycles. The maximum atomic E-state index is 12.6. The Morgan fingerprint density at radius 2 is 1.46 bits per heavy atom. The largest absolute Gasteiger partial charge is 0.509 e. The molecule has 2 unspecified atom stereocenters. The molecule has 0 aliphatic heterocycles. The average Bonchev–Trinajstić information content (AvgIpc) is 2.79. The number of nitrogens with one attached hydrogen (secondary N) is 2. The average molecular weight is 478 g/mol. The van der Waals surface area contributed by atoms with E-state index in [-0.39, 0.29) is 5.56 Å². The van der Waals surface area contributed by atoms with Crippen molar-refractivity contribution in [3.63, 3.8) is 0 Å². The second-order valence-electron chi connectivity index (χ2n) is 8.41. The van der Waals surface area contributed by atoms with Gasteiger partial charge in [-0.1, -0.05) is 11.8 Å². The third-order valence-corrected chi connectivity index (χ3v) is 4.35. The van der Waals surface area contributed by atoms with Gasteiger partial charge in [-0.3, -0.25) is 14.8 Å². The Hall–Kier alpha value is -4.47. The van der Waals surface area contributed by atoms with Crippen LogP contribution >= 0.6 is 0 Å². The van der Waals surface area contributed by atoms with Crippen molar-refractivity contribution in [2.24, 2.45) is 0 Å². The normalized spacial score (nSPS) is 11.9. The molecular weight excluding hydrogens is 450 g/mol. The van der Waals surface area contributed by atoms with Gasteiger partial charge in [0.2, 0.25) is 0 Å². The number of nitrogen functional groups attached to an aromatic ring is 1. The quantitative estimate of drug-likeness (QED) is 0.171. The molecule has 35 heavy (non-hydrogen) atoms. The summed E-state index contributed by atoms with van der Waals surface area (Å²) in [5.41, 5.74) is 8.57. The fourth-order valence-electron chi connectivity index (χ4n) is 2.66. The number of carbonyl (C=O) groups is 3. The van der Waals surface area contributed by atoms with Crippen molar-refractivity contribution in [1.29, 1.82) is 0 Å². The lowest BCUT2D eigenvalue weighted by atomic mass is 10.1. The van der Waals surface area contributed by atoms with E-state index in [0.29, 0.717) is 11.3 Å². The van der Waals surface area contributed by atoms with E-state index in [2.05, 4.69) is 29.0 Å². The predicted molar refractivity (Wildman–Crippen MR) is 129 cm³/mol. The smallest absolute Gasteiger partial charge is 0.429 e. The van der Waals surface area contributed by atoms with Gasteiger partial charge in [0.1, 0.15) is 17.7 Å². The number of carbonyl (C=O) groups excluding carboxylic acids is 3. The number of hydrogen-bond donors (Lipinski definition) is 4. The maximum Gasteiger partial charge on any atom is 0.509 e. The van der Waals surface area contributed by atoms with Crippen molar-refractivity contribution >= 4 is 23.7 Å². The van der Waals surface area contributed by atoms with Gasteiger partial charge in [-0.15, -0.1) is 0 Å². The first-order valence-electron chi connectivity index (χ1n) is 10.6. The van der Waals surface area contributed by atoms with Crippen LogP contribution in [0.4, 0.5) is 10.5 Å². The highest BCUT2D eigenvalue weighted by atomic mass is 16.7. The fourth-order valence-corrected chi connectivity index (χ4v) is 2.66. The standard InChI is InChI=1S/C26H27N3O6/c1-17(34-25(32)35-26(2,3)4)22(24(31)29-33)28-23(30)20-13-9-18(10-14-20)7-5-6-8-19-11-15-21(27)16-12-19/h9-17,22,33H,27H2,1-4H3,(H,28,30)(H,29,31). The summed E-state index contributed by atoms with van der Waals surface area (Å²) in [7, 11) is 0. The van der Waals surface area contributed by atoms with E-state index in [0.717, 1.165) is 5.56 Å². The zero-order chi connectivity index (χ0) is 26.0. The van der Waals surface area contributed by atoms with Crippen LogP contribution in [0.2, 0.25) is 0 Å². The molecule has 2 atom stereocenters. The minimum atomic E-state index is -1.37. The summed E-state index contributed by atoms with van der Waals surface area (Å²) in [6.45, 7) is 6.34. The van der Waals surface area contributed by atoms with Crippen LogP contribution in [0.25, 0.3) is 0 Å². The molecule has 0 aromatic heterocycles. The monoisotopic (exact) mass is 477 g/mol. The van der Waals surface area contributed by atoms with Crippen LogP contribution in [0, 0.1) is 23.7 Å². The van der Waals surface area contributed by atoms with Crippen molar-refractivity contribution in [3.8, 4) is 23.7 Å². The van der Waals surface area contributed by atoms with Gasteiger partial charge in [0.25, 0.3) is 11.8 Å². The lowest BCUT2D eigenvalue weighted by molar-refractivity contribution is -0.134. The molecule has 0 spiro atoms. The summed E-state index contributed by atoms with van der Waals surface area (Å²) in [5.74, 6) is 9.66. The molecule has 2 aromatic carbocycles. The second kappa shape index (κ2) is 12.1. The number of hydroxylamine groups is 1. The molecule has 5 N–H and O–H groups in total. The van der Waals surface area contributed by atoms with Crippen LogP contribution in [-0.4, -0.2) is 40.9 Å². The third-order valence-electron chi connectivity index (χ3n) is 4.35. The van der Waals surface area contributed by atoms with Crippen LogP contribution in [0.5, 0.6) is 0 Å². The molecule has 0 heterocycles. The van der Waals surface area contributed by atoms with Crippen molar-refractivity contribution in [1.82, 2.24) is 10.8 Å². The molecule has 2 aromatic rings. The predicted octanol–water partition coefficient (Wildman–Crippen LogP) is 2.62. The molecule has 2 rings (SSSR count). The van der Waals surface area contributed by atoms with Gasteiger partial charge in [0.05, 0.1) is 0 Å². The fraction of sp³-hybridized carbons (Fsp3) is 0.269. The van der Waals surface area contributed by atoms with Crippen molar-refractivity contribution in [2.45, 2.75) is 45.4 Å². The molecular formula is C26H27N3O6. The van der Waals surface area contributed by atoms with Gasteiger partial charge in [0, 0.05) is 22.4 Å². The molecule has 0 radical (unpaired) electrons. The highest BCUT2D eigenvalue weighted by molar-refractivity contribution is 5.97. The Balaban J connectivity index is 2.04. The summed E-state index contributed by atoms with van der Waals surface area (Å²) >= 11 is 0. The zero-order valence-corrected chi connectivity index (χ0v) is 19.8. The van der Waals surface area contributed by atoms with Gasteiger partial charge in [-0.25, -0.2) is 10.3 Å². The number of benzene rings is 2. The first kappa shape index (κ1) is 26.8. The molecule has 9 heteroatoms. The molecule has 0 aliphatic carbocycles. The minimum absolute atomic E-state index is 0.226. The number of anilines is 1. The van der Waals surface area contributed by atoms with Gasteiger partial charge in [-0.05, 0) is 88.1 Å². The number of rotatable bonds is 5. The SMILES string of the molecule is CC(OC(=O)OC(C)(C)C)C(NC(=O)c1ccc(C#CC#Cc2ccc(N)cc2)cc1)C(=O)NO. The summed E-state index contributed by atoms with van der Waals surface area (Å²) in [4.78, 5) is 36.6. The van der Waals surface area contributed by atoms with E-state index in [1.54, 1.807) is 57.2 Å². The van der Waals surface area contributed by atoms with Gasteiger partial charge in [-0.2, -0.15) is 0 Å². The van der Waals surface area contributed by atoms with E-state index in [1.807, 2.05) is 0 Å². The van der Waals surface area contributed by atoms with Crippen molar-refractivity contribution in [3.05, 3.63) is 65.2 Å². The number of ether oxygens (including phenoxy) is 2. The van der Waals surface area contributed by atoms with Crippen LogP contribution in [0.3, 0.4) is 0 Å². The molecule has 2 amide bonds. The van der Waals surface area contributed by atoms with Crippen LogP contribution < -0.4 is 16.5 Å². The lowest BCUT2D eigenvalue weighted by Crippen LogP contribution is -2.53. The first-order valence-corrected chi connectivity index (χ1v) is 10.6. The molecule has 0 aliphatic rings. The first-order chi connectivity index (χ1) is 16.5. The Labute approximate surface area is 203 Å². The van der Waals surface area contributed by atoms with Gasteiger partial charge >= 0.3 is 6.16 Å². The number of nitrogens with two attached hydrogens (primary N) is 1. The Morgan fingerprint density at radius 1 is 0.943 bits per heavy atom. The van der Waals surface area contributed by atoms with E-state index >= 15 is 0 Å². The Bertz CT molecular complexity index is 1180. The molecule has 0 fully saturated rings. The van der Waals surface area contributed by atoms with Gasteiger partial charge in [0.15, 0.2) is 0 Å². The molecule has 182 valence electrons. The highest BCUT2D eigenvalue weighted by Gasteiger charge is 2.31. The van der Waals surface area contributed by atoms with Crippen molar-refractivity contribution < 1.29 is 29.1 Å². The maximum absolute atomic E-state index is 12.6. The Morgan fingerprint density at radius 3 is 1.94 bits per heavy atom. The van der Waals surface area contributed by atoms with E-state index in [1.165, 1.54) is 24.5 Å². The summed E-state index contributed by atoms with van der Waals surface area (Å²) in [5, 5.41) is 11.5. The van der Waals surface area contributed by atoms with Crippen LogP contribution in [0.1, 0.15) is 49.2 Å². The molecule has 0 bridgehead atoms. The molecule has 9 nitrogen and oxygen atoms in total. The van der Waals surface area contributed by atoms with E-state index in [4.69, 9.17) is 20.4 Å². The van der Waals surface area contributed by atoms with Crippen molar-refractivity contribution in [2.75, 3.05) is 5.73 Å². The van der Waals surface area contributed by atoms with E-state index in [9.17, 15) is 14.4 Å². The van der Waals surface area contributed by atoms with Crippen LogP contribution in [0.15, 0.2) is 48.5 Å². The van der Waals surface area contributed by atoms with Crippen LogP contribution in [-0.2, 0) is 14.3 Å². The topological polar surface area (TPSA) is 140 Å². The summed E-state index contributed by atoms with van der Waals surface area (Å²) in [6, 6.07) is 12.0.